The summed E-state index contributed by atoms with van der Waals surface area (Å²) in [4.78, 5) is 17.1. The number of nitriles is 1. The fourth-order valence-corrected chi connectivity index (χ4v) is 3.20. The van der Waals surface area contributed by atoms with Gasteiger partial charge in [0, 0.05) is 5.39 Å². The molecule has 0 aliphatic heterocycles. The number of pyridine rings is 1. The van der Waals surface area contributed by atoms with Crippen molar-refractivity contribution in [2.45, 2.75) is 50.4 Å². The summed E-state index contributed by atoms with van der Waals surface area (Å²) in [5.41, 5.74) is 1.20. The first kappa shape index (κ1) is 18.3. The van der Waals surface area contributed by atoms with E-state index < -0.39 is 5.54 Å². The third-order valence-electron chi connectivity index (χ3n) is 4.34. The molecule has 0 bridgehead atoms. The highest BCUT2D eigenvalue weighted by Gasteiger charge is 2.31. The standard InChI is InChI=1S/C19H23N3OS/c1-12(2)19(5,11-20)22-18(23)14(4)24-17-10-13(3)15-8-6-7-9-16(15)21-17/h6-10,12,14H,1-5H3,(H,22,23)/t14-,19-/m1/s1. The summed E-state index contributed by atoms with van der Waals surface area (Å²) in [5, 5.41) is 13.8. The van der Waals surface area contributed by atoms with Crippen molar-refractivity contribution >= 4 is 28.6 Å². The Kier molecular flexibility index (Phi) is 5.51. The van der Waals surface area contributed by atoms with Crippen LogP contribution in [0.1, 0.15) is 33.3 Å². The van der Waals surface area contributed by atoms with Crippen LogP contribution in [0.15, 0.2) is 35.4 Å². The minimum absolute atomic E-state index is 0.0321. The number of aryl methyl sites for hydroxylation is 1. The van der Waals surface area contributed by atoms with E-state index in [9.17, 15) is 10.1 Å². The number of hydrogen-bond donors (Lipinski definition) is 1. The third-order valence-corrected chi connectivity index (χ3v) is 5.35. The van der Waals surface area contributed by atoms with E-state index >= 15 is 0 Å². The van der Waals surface area contributed by atoms with E-state index in [1.165, 1.54) is 11.8 Å². The summed E-state index contributed by atoms with van der Waals surface area (Å²) in [6.07, 6.45) is 0. The molecule has 1 N–H and O–H groups in total. The molecule has 2 rings (SSSR count). The summed E-state index contributed by atoms with van der Waals surface area (Å²) in [7, 11) is 0. The van der Waals surface area contributed by atoms with Crippen molar-refractivity contribution in [1.82, 2.24) is 10.3 Å². The number of aromatic nitrogens is 1. The Hall–Kier alpha value is -2.06. The highest BCUT2D eigenvalue weighted by Crippen LogP contribution is 2.27. The summed E-state index contributed by atoms with van der Waals surface area (Å²) >= 11 is 1.41. The first-order chi connectivity index (χ1) is 11.3. The van der Waals surface area contributed by atoms with Crippen molar-refractivity contribution in [2.24, 2.45) is 5.92 Å². The second kappa shape index (κ2) is 7.23. The van der Waals surface area contributed by atoms with Gasteiger partial charge in [-0.1, -0.05) is 43.8 Å². The minimum atomic E-state index is -0.862. The molecule has 1 amide bonds. The number of carbonyl (C=O) groups is 1. The summed E-state index contributed by atoms with van der Waals surface area (Å²) in [6, 6.07) is 12.2. The number of para-hydroxylation sites is 1. The molecule has 2 atom stereocenters. The average molecular weight is 341 g/mol. The van der Waals surface area contributed by atoms with Crippen molar-refractivity contribution in [3.63, 3.8) is 0 Å². The van der Waals surface area contributed by atoms with Gasteiger partial charge in [0.15, 0.2) is 0 Å². The third kappa shape index (κ3) is 3.88. The van der Waals surface area contributed by atoms with Crippen LogP contribution in [-0.2, 0) is 4.79 Å². The van der Waals surface area contributed by atoms with Crippen LogP contribution in [0, 0.1) is 24.2 Å². The number of rotatable bonds is 5. The van der Waals surface area contributed by atoms with E-state index in [4.69, 9.17) is 0 Å². The number of amides is 1. The second-order valence-electron chi connectivity index (χ2n) is 6.51. The molecule has 0 saturated carbocycles. The van der Waals surface area contributed by atoms with Crippen LogP contribution >= 0.6 is 11.8 Å². The minimum Gasteiger partial charge on any atom is -0.337 e. The molecule has 0 aliphatic carbocycles. The Morgan fingerprint density at radius 3 is 2.62 bits per heavy atom. The maximum Gasteiger partial charge on any atom is 0.234 e. The fourth-order valence-electron chi connectivity index (χ4n) is 2.27. The van der Waals surface area contributed by atoms with Crippen LogP contribution in [-0.4, -0.2) is 21.7 Å². The highest BCUT2D eigenvalue weighted by atomic mass is 32.2. The molecule has 0 aliphatic rings. The van der Waals surface area contributed by atoms with Crippen molar-refractivity contribution in [3.8, 4) is 6.07 Å². The topological polar surface area (TPSA) is 65.8 Å². The Balaban J connectivity index is 2.16. The van der Waals surface area contributed by atoms with Crippen molar-refractivity contribution < 1.29 is 4.79 Å². The van der Waals surface area contributed by atoms with E-state index in [0.29, 0.717) is 0 Å². The largest absolute Gasteiger partial charge is 0.337 e. The number of carbonyl (C=O) groups excluding carboxylic acids is 1. The van der Waals surface area contributed by atoms with Gasteiger partial charge in [-0.2, -0.15) is 5.26 Å². The van der Waals surface area contributed by atoms with Gasteiger partial charge in [0.05, 0.1) is 21.9 Å². The van der Waals surface area contributed by atoms with E-state index in [2.05, 4.69) is 16.4 Å². The lowest BCUT2D eigenvalue weighted by Gasteiger charge is -2.28. The average Bonchev–Trinajstić information content (AvgIpc) is 2.54. The van der Waals surface area contributed by atoms with Crippen LogP contribution in [0.4, 0.5) is 0 Å². The Morgan fingerprint density at radius 1 is 1.33 bits per heavy atom. The lowest BCUT2D eigenvalue weighted by Crippen LogP contribution is -2.51. The van der Waals surface area contributed by atoms with Crippen LogP contribution in [0.25, 0.3) is 10.9 Å². The lowest BCUT2D eigenvalue weighted by molar-refractivity contribution is -0.121. The predicted molar refractivity (Wildman–Crippen MR) is 98.8 cm³/mol. The molecule has 0 saturated heterocycles. The highest BCUT2D eigenvalue weighted by molar-refractivity contribution is 8.00. The Bertz CT molecular complexity index is 797. The van der Waals surface area contributed by atoms with E-state index in [0.717, 1.165) is 21.5 Å². The first-order valence-corrected chi connectivity index (χ1v) is 8.91. The Morgan fingerprint density at radius 2 is 2.00 bits per heavy atom. The molecule has 24 heavy (non-hydrogen) atoms. The fraction of sp³-hybridized carbons (Fsp3) is 0.421. The molecule has 0 spiro atoms. The number of hydrogen-bond acceptors (Lipinski definition) is 4. The van der Waals surface area contributed by atoms with Crippen molar-refractivity contribution in [3.05, 3.63) is 35.9 Å². The van der Waals surface area contributed by atoms with Gasteiger partial charge in [-0.05, 0) is 44.4 Å². The van der Waals surface area contributed by atoms with Crippen LogP contribution in [0.5, 0.6) is 0 Å². The van der Waals surface area contributed by atoms with E-state index in [-0.39, 0.29) is 17.1 Å². The summed E-state index contributed by atoms with van der Waals surface area (Å²) in [6.45, 7) is 9.49. The molecule has 126 valence electrons. The van der Waals surface area contributed by atoms with Gasteiger partial charge in [0.2, 0.25) is 5.91 Å². The molecule has 2 aromatic rings. The normalized spacial score (nSPS) is 14.9. The van der Waals surface area contributed by atoms with Crippen LogP contribution in [0.3, 0.4) is 0 Å². The molecule has 5 heteroatoms. The molecular formula is C19H23N3OS. The number of thioether (sulfide) groups is 1. The van der Waals surface area contributed by atoms with Crippen molar-refractivity contribution in [1.29, 1.82) is 5.26 Å². The first-order valence-electron chi connectivity index (χ1n) is 8.03. The predicted octanol–water partition coefficient (Wildman–Crippen LogP) is 4.08. The maximum atomic E-state index is 12.5. The molecule has 1 aromatic heterocycles. The SMILES string of the molecule is Cc1cc(S[C@H](C)C(=O)N[C@](C)(C#N)C(C)C)nc2ccccc12. The molecular weight excluding hydrogens is 318 g/mol. The smallest absolute Gasteiger partial charge is 0.234 e. The lowest BCUT2D eigenvalue weighted by atomic mass is 9.90. The van der Waals surface area contributed by atoms with Gasteiger partial charge < -0.3 is 5.32 Å². The molecule has 4 nitrogen and oxygen atoms in total. The molecule has 0 unspecified atom stereocenters. The second-order valence-corrected chi connectivity index (χ2v) is 7.87. The van der Waals surface area contributed by atoms with Gasteiger partial charge >= 0.3 is 0 Å². The van der Waals surface area contributed by atoms with Crippen LogP contribution in [0.2, 0.25) is 0 Å². The zero-order chi connectivity index (χ0) is 17.9. The molecule has 1 aromatic carbocycles. The van der Waals surface area contributed by atoms with Gasteiger partial charge in [-0.3, -0.25) is 4.79 Å². The van der Waals surface area contributed by atoms with Crippen molar-refractivity contribution in [2.75, 3.05) is 0 Å². The Labute approximate surface area is 147 Å². The number of benzene rings is 1. The van der Waals surface area contributed by atoms with Gasteiger partial charge in [-0.15, -0.1) is 0 Å². The summed E-state index contributed by atoms with van der Waals surface area (Å²) < 4.78 is 0. The van der Waals surface area contributed by atoms with Gasteiger partial charge in [0.1, 0.15) is 5.54 Å². The number of nitrogens with one attached hydrogen (secondary N) is 1. The molecule has 0 fully saturated rings. The number of nitrogens with zero attached hydrogens (tertiary/aromatic N) is 2. The quantitative estimate of drug-likeness (QED) is 0.832. The molecule has 0 radical (unpaired) electrons. The van der Waals surface area contributed by atoms with Crippen LogP contribution < -0.4 is 5.32 Å². The zero-order valence-electron chi connectivity index (χ0n) is 14.8. The zero-order valence-corrected chi connectivity index (χ0v) is 15.6. The summed E-state index contributed by atoms with van der Waals surface area (Å²) in [5.74, 6) is -0.116. The van der Waals surface area contributed by atoms with E-state index in [1.807, 2.05) is 58.0 Å². The van der Waals surface area contributed by atoms with E-state index in [1.54, 1.807) is 6.92 Å². The van der Waals surface area contributed by atoms with Gasteiger partial charge in [0.25, 0.3) is 0 Å². The monoisotopic (exact) mass is 341 g/mol. The number of fused-ring (bicyclic) bond motifs is 1. The maximum absolute atomic E-state index is 12.5. The van der Waals surface area contributed by atoms with Gasteiger partial charge in [-0.25, -0.2) is 4.98 Å². The molecule has 1 heterocycles.